The molecule has 0 radical (unpaired) electrons. The van der Waals surface area contributed by atoms with Crippen molar-refractivity contribution < 1.29 is 0 Å². The molecule has 1 saturated heterocycles. The van der Waals surface area contributed by atoms with Crippen molar-refractivity contribution in [2.24, 2.45) is 0 Å². The number of hydrogen-bond donors (Lipinski definition) is 0. The summed E-state index contributed by atoms with van der Waals surface area (Å²) in [5.41, 5.74) is 0. The summed E-state index contributed by atoms with van der Waals surface area (Å²) in [6.07, 6.45) is 1.41. The fourth-order valence-electron chi connectivity index (χ4n) is 1.76. The standard InChI is InChI=1S/C7H14N2.C2H6/c1-8-3-4-9(2)7-5-6(7)8;1-2/h6-7H,3-5H2,1-2H3;1-2H3. The lowest BCUT2D eigenvalue weighted by atomic mass is 10.4. The minimum Gasteiger partial charge on any atom is -0.301 e. The highest BCUT2D eigenvalue weighted by molar-refractivity contribution is 5.03. The maximum absolute atomic E-state index is 2.48. The summed E-state index contributed by atoms with van der Waals surface area (Å²) in [6.45, 7) is 6.52. The minimum atomic E-state index is 0.906. The molecule has 2 atom stereocenters. The van der Waals surface area contributed by atoms with Gasteiger partial charge in [0.25, 0.3) is 0 Å². The highest BCUT2D eigenvalue weighted by Crippen LogP contribution is 2.34. The summed E-state index contributed by atoms with van der Waals surface area (Å²) >= 11 is 0. The molecule has 2 nitrogen and oxygen atoms in total. The molecule has 0 aromatic rings. The average Bonchev–Trinajstić information content (AvgIpc) is 2.81. The number of piperazine rings is 1. The molecule has 1 aliphatic heterocycles. The number of fused-ring (bicyclic) bond motifs is 1. The van der Waals surface area contributed by atoms with Crippen molar-refractivity contribution in [2.45, 2.75) is 32.4 Å². The van der Waals surface area contributed by atoms with Crippen molar-refractivity contribution >= 4 is 0 Å². The van der Waals surface area contributed by atoms with E-state index in [2.05, 4.69) is 23.9 Å². The van der Waals surface area contributed by atoms with Gasteiger partial charge < -0.3 is 9.80 Å². The van der Waals surface area contributed by atoms with Gasteiger partial charge in [-0.1, -0.05) is 13.8 Å². The van der Waals surface area contributed by atoms with Crippen LogP contribution in [0.3, 0.4) is 0 Å². The lowest BCUT2D eigenvalue weighted by molar-refractivity contribution is 0.176. The predicted octanol–water partition coefficient (Wildman–Crippen LogP) is 1.03. The van der Waals surface area contributed by atoms with E-state index in [9.17, 15) is 0 Å². The summed E-state index contributed by atoms with van der Waals surface area (Å²) < 4.78 is 0. The quantitative estimate of drug-likeness (QED) is 0.517. The Bertz CT molecular complexity index is 111. The topological polar surface area (TPSA) is 6.48 Å². The van der Waals surface area contributed by atoms with Crippen LogP contribution in [0.2, 0.25) is 0 Å². The number of hydrogen-bond acceptors (Lipinski definition) is 2. The van der Waals surface area contributed by atoms with E-state index in [1.54, 1.807) is 0 Å². The molecule has 1 aliphatic carbocycles. The molecule has 66 valence electrons. The number of likely N-dealkylation sites (N-methyl/N-ethyl adjacent to an activating group) is 2. The van der Waals surface area contributed by atoms with Gasteiger partial charge in [0, 0.05) is 25.2 Å². The van der Waals surface area contributed by atoms with Crippen LogP contribution >= 0.6 is 0 Å². The van der Waals surface area contributed by atoms with Crippen LogP contribution in [-0.4, -0.2) is 49.1 Å². The highest BCUT2D eigenvalue weighted by atomic mass is 15.3. The van der Waals surface area contributed by atoms with Crippen LogP contribution in [0.5, 0.6) is 0 Å². The molecule has 2 aliphatic rings. The van der Waals surface area contributed by atoms with E-state index < -0.39 is 0 Å². The first-order valence-electron chi connectivity index (χ1n) is 4.69. The monoisotopic (exact) mass is 156 g/mol. The Hall–Kier alpha value is -0.0800. The summed E-state index contributed by atoms with van der Waals surface area (Å²) in [4.78, 5) is 4.95. The smallest absolute Gasteiger partial charge is 0.0265 e. The number of nitrogens with zero attached hydrogens (tertiary/aromatic N) is 2. The van der Waals surface area contributed by atoms with E-state index in [0.29, 0.717) is 0 Å². The molecule has 0 aromatic heterocycles. The first kappa shape index (κ1) is 9.01. The van der Waals surface area contributed by atoms with Gasteiger partial charge in [-0.05, 0) is 20.5 Å². The van der Waals surface area contributed by atoms with Crippen LogP contribution in [0.25, 0.3) is 0 Å². The second kappa shape index (κ2) is 3.55. The lowest BCUT2D eigenvalue weighted by Crippen LogP contribution is -2.42. The van der Waals surface area contributed by atoms with Gasteiger partial charge in [-0.2, -0.15) is 0 Å². The highest BCUT2D eigenvalue weighted by Gasteiger charge is 2.45. The zero-order chi connectivity index (χ0) is 8.43. The largest absolute Gasteiger partial charge is 0.301 e. The molecule has 1 saturated carbocycles. The van der Waals surface area contributed by atoms with E-state index >= 15 is 0 Å². The number of rotatable bonds is 0. The molecule has 11 heavy (non-hydrogen) atoms. The Kier molecular flexibility index (Phi) is 2.90. The Labute approximate surface area is 70.2 Å². The maximum Gasteiger partial charge on any atom is 0.0265 e. The molecule has 2 rings (SSSR count). The van der Waals surface area contributed by atoms with E-state index in [1.165, 1.54) is 19.5 Å². The summed E-state index contributed by atoms with van der Waals surface area (Å²) in [5.74, 6) is 0. The zero-order valence-corrected chi connectivity index (χ0v) is 8.17. The van der Waals surface area contributed by atoms with Gasteiger partial charge in [0.1, 0.15) is 0 Å². The molecular formula is C9H20N2. The molecule has 1 heterocycles. The van der Waals surface area contributed by atoms with Crippen molar-refractivity contribution in [3.63, 3.8) is 0 Å². The van der Waals surface area contributed by atoms with Gasteiger partial charge in [-0.3, -0.25) is 0 Å². The normalized spacial score (nSPS) is 37.1. The van der Waals surface area contributed by atoms with Crippen molar-refractivity contribution in [1.29, 1.82) is 0 Å². The van der Waals surface area contributed by atoms with Gasteiger partial charge in [0.2, 0.25) is 0 Å². The molecule has 0 spiro atoms. The van der Waals surface area contributed by atoms with Gasteiger partial charge in [0.15, 0.2) is 0 Å². The molecule has 2 heteroatoms. The van der Waals surface area contributed by atoms with Crippen LogP contribution < -0.4 is 0 Å². The summed E-state index contributed by atoms with van der Waals surface area (Å²) in [7, 11) is 4.47. The third-order valence-corrected chi connectivity index (χ3v) is 2.66. The van der Waals surface area contributed by atoms with Crippen LogP contribution in [0, 0.1) is 0 Å². The molecule has 0 amide bonds. The summed E-state index contributed by atoms with van der Waals surface area (Å²) in [5, 5.41) is 0. The molecule has 0 aromatic carbocycles. The molecule has 0 bridgehead atoms. The molecule has 2 fully saturated rings. The van der Waals surface area contributed by atoms with Crippen molar-refractivity contribution in [1.82, 2.24) is 9.80 Å². The fourth-order valence-corrected chi connectivity index (χ4v) is 1.76. The Morgan fingerprint density at radius 1 is 0.909 bits per heavy atom. The molecular weight excluding hydrogens is 136 g/mol. The molecule has 2 unspecified atom stereocenters. The maximum atomic E-state index is 2.48. The van der Waals surface area contributed by atoms with Gasteiger partial charge in [0.05, 0.1) is 0 Å². The van der Waals surface area contributed by atoms with Crippen molar-refractivity contribution in [3.05, 3.63) is 0 Å². The molecule has 0 N–H and O–H groups in total. The summed E-state index contributed by atoms with van der Waals surface area (Å²) in [6, 6.07) is 1.81. The Balaban J connectivity index is 0.000000281. The Morgan fingerprint density at radius 2 is 1.27 bits per heavy atom. The lowest BCUT2D eigenvalue weighted by Gasteiger charge is -2.28. The second-order valence-corrected chi connectivity index (χ2v) is 3.33. The van der Waals surface area contributed by atoms with E-state index in [0.717, 1.165) is 12.1 Å². The third-order valence-electron chi connectivity index (χ3n) is 2.66. The van der Waals surface area contributed by atoms with Gasteiger partial charge >= 0.3 is 0 Å². The average molecular weight is 156 g/mol. The van der Waals surface area contributed by atoms with Crippen LogP contribution in [0.15, 0.2) is 0 Å². The first-order valence-corrected chi connectivity index (χ1v) is 4.69. The predicted molar refractivity (Wildman–Crippen MR) is 48.8 cm³/mol. The van der Waals surface area contributed by atoms with E-state index in [1.807, 2.05) is 13.8 Å². The van der Waals surface area contributed by atoms with Gasteiger partial charge in [-0.15, -0.1) is 0 Å². The van der Waals surface area contributed by atoms with Gasteiger partial charge in [-0.25, -0.2) is 0 Å². The van der Waals surface area contributed by atoms with E-state index in [-0.39, 0.29) is 0 Å². The van der Waals surface area contributed by atoms with Crippen LogP contribution in [0.1, 0.15) is 20.3 Å². The van der Waals surface area contributed by atoms with Crippen molar-refractivity contribution in [2.75, 3.05) is 27.2 Å². The van der Waals surface area contributed by atoms with Crippen LogP contribution in [0.4, 0.5) is 0 Å². The minimum absolute atomic E-state index is 0.906. The van der Waals surface area contributed by atoms with Crippen molar-refractivity contribution in [3.8, 4) is 0 Å². The first-order chi connectivity index (χ1) is 5.29. The van der Waals surface area contributed by atoms with E-state index in [4.69, 9.17) is 0 Å². The zero-order valence-electron chi connectivity index (χ0n) is 8.17. The Morgan fingerprint density at radius 3 is 1.64 bits per heavy atom. The third kappa shape index (κ3) is 1.74. The SMILES string of the molecule is CC.CN1CCN(C)C2CC21. The van der Waals surface area contributed by atoms with Crippen LogP contribution in [-0.2, 0) is 0 Å². The fraction of sp³-hybridized carbons (Fsp3) is 1.00. The second-order valence-electron chi connectivity index (χ2n) is 3.33.